The third-order valence-electron chi connectivity index (χ3n) is 8.38. The number of hydrogen-bond donors (Lipinski definition) is 1. The summed E-state index contributed by atoms with van der Waals surface area (Å²) in [7, 11) is 0. The topological polar surface area (TPSA) is 29.5 Å². The van der Waals surface area contributed by atoms with E-state index < -0.39 is 12.5 Å². The Labute approximate surface area is 180 Å². The van der Waals surface area contributed by atoms with E-state index in [-0.39, 0.29) is 11.7 Å². The summed E-state index contributed by atoms with van der Waals surface area (Å²) in [6, 6.07) is 3.28. The van der Waals surface area contributed by atoms with Crippen molar-refractivity contribution in [1.29, 1.82) is 0 Å². The molecule has 1 aliphatic heterocycles. The van der Waals surface area contributed by atoms with E-state index >= 15 is 0 Å². The molecule has 168 valence electrons. The SMILES string of the molecule is CCC1CCC(C2CCC(C3CCc4cc(C(C)O)cc(C(F)F)c4O3)CC2)CC1. The average Bonchev–Trinajstić information content (AvgIpc) is 2.78. The van der Waals surface area contributed by atoms with Crippen molar-refractivity contribution in [2.45, 2.75) is 103 Å². The number of halogens is 2. The van der Waals surface area contributed by atoms with Gasteiger partial charge in [0, 0.05) is 0 Å². The molecule has 30 heavy (non-hydrogen) atoms. The summed E-state index contributed by atoms with van der Waals surface area (Å²) in [4.78, 5) is 0. The van der Waals surface area contributed by atoms with Gasteiger partial charge in [-0.3, -0.25) is 0 Å². The van der Waals surface area contributed by atoms with Crippen LogP contribution in [0.15, 0.2) is 12.1 Å². The Morgan fingerprint density at radius 2 is 1.53 bits per heavy atom. The average molecular weight is 421 g/mol. The first-order valence-electron chi connectivity index (χ1n) is 12.3. The van der Waals surface area contributed by atoms with Crippen LogP contribution in [0, 0.1) is 23.7 Å². The van der Waals surface area contributed by atoms with Gasteiger partial charge in [0.25, 0.3) is 6.43 Å². The lowest BCUT2D eigenvalue weighted by atomic mass is 9.68. The third kappa shape index (κ3) is 4.69. The van der Waals surface area contributed by atoms with Crippen molar-refractivity contribution in [3.8, 4) is 5.75 Å². The molecule has 1 heterocycles. The molecule has 2 saturated carbocycles. The van der Waals surface area contributed by atoms with Crippen LogP contribution >= 0.6 is 0 Å². The first-order chi connectivity index (χ1) is 14.5. The fourth-order valence-corrected chi connectivity index (χ4v) is 6.37. The maximum atomic E-state index is 13.7. The number of aliphatic hydroxyl groups excluding tert-OH is 1. The largest absolute Gasteiger partial charge is 0.489 e. The lowest BCUT2D eigenvalue weighted by Gasteiger charge is -2.41. The van der Waals surface area contributed by atoms with Crippen LogP contribution in [0.1, 0.15) is 107 Å². The van der Waals surface area contributed by atoms with E-state index in [0.717, 1.165) is 36.2 Å². The zero-order valence-electron chi connectivity index (χ0n) is 18.6. The second-order valence-corrected chi connectivity index (χ2v) is 10.1. The highest BCUT2D eigenvalue weighted by Crippen LogP contribution is 2.46. The van der Waals surface area contributed by atoms with E-state index in [4.69, 9.17) is 4.74 Å². The number of fused-ring (bicyclic) bond motifs is 1. The Morgan fingerprint density at radius 1 is 0.933 bits per heavy atom. The molecule has 0 amide bonds. The van der Waals surface area contributed by atoms with Crippen molar-refractivity contribution in [2.24, 2.45) is 23.7 Å². The highest BCUT2D eigenvalue weighted by Gasteiger charge is 2.36. The van der Waals surface area contributed by atoms with Crippen LogP contribution in [0.2, 0.25) is 0 Å². The van der Waals surface area contributed by atoms with E-state index in [2.05, 4.69) is 6.92 Å². The normalized spacial score (nSPS) is 33.1. The molecule has 3 aliphatic rings. The predicted octanol–water partition coefficient (Wildman–Crippen LogP) is 7.39. The molecule has 4 rings (SSSR count). The zero-order valence-corrected chi connectivity index (χ0v) is 18.6. The van der Waals surface area contributed by atoms with E-state index in [1.54, 1.807) is 6.92 Å². The first-order valence-corrected chi connectivity index (χ1v) is 12.3. The van der Waals surface area contributed by atoms with E-state index in [1.165, 1.54) is 63.9 Å². The van der Waals surface area contributed by atoms with Crippen LogP contribution in [0.4, 0.5) is 8.78 Å². The summed E-state index contributed by atoms with van der Waals surface area (Å²) in [5, 5.41) is 9.86. The lowest BCUT2D eigenvalue weighted by molar-refractivity contribution is 0.0548. The summed E-state index contributed by atoms with van der Waals surface area (Å²) in [5.74, 6) is 3.60. The Hall–Kier alpha value is -1.16. The van der Waals surface area contributed by atoms with Gasteiger partial charge in [-0.25, -0.2) is 8.78 Å². The number of aryl methyl sites for hydroxylation is 1. The second-order valence-electron chi connectivity index (χ2n) is 10.1. The molecule has 2 aliphatic carbocycles. The van der Waals surface area contributed by atoms with E-state index in [0.29, 0.717) is 17.2 Å². The molecule has 2 nitrogen and oxygen atoms in total. The van der Waals surface area contributed by atoms with Gasteiger partial charge in [-0.2, -0.15) is 0 Å². The number of hydrogen-bond acceptors (Lipinski definition) is 2. The van der Waals surface area contributed by atoms with Crippen LogP contribution < -0.4 is 4.74 Å². The van der Waals surface area contributed by atoms with Gasteiger partial charge >= 0.3 is 0 Å². The van der Waals surface area contributed by atoms with Crippen molar-refractivity contribution in [2.75, 3.05) is 0 Å². The Balaban J connectivity index is 1.38. The molecule has 4 heteroatoms. The van der Waals surface area contributed by atoms with Gasteiger partial charge in [-0.1, -0.05) is 26.2 Å². The second kappa shape index (κ2) is 9.54. The van der Waals surface area contributed by atoms with E-state index in [1.807, 2.05) is 6.07 Å². The van der Waals surface area contributed by atoms with Crippen molar-refractivity contribution >= 4 is 0 Å². The Bertz CT molecular complexity index is 701. The summed E-state index contributed by atoms with van der Waals surface area (Å²) >= 11 is 0. The highest BCUT2D eigenvalue weighted by molar-refractivity contribution is 5.47. The van der Waals surface area contributed by atoms with Gasteiger partial charge in [-0.15, -0.1) is 0 Å². The van der Waals surface area contributed by atoms with Crippen molar-refractivity contribution in [3.63, 3.8) is 0 Å². The molecule has 0 spiro atoms. The molecule has 0 radical (unpaired) electrons. The minimum atomic E-state index is -2.58. The number of aliphatic hydroxyl groups is 1. The molecule has 2 unspecified atom stereocenters. The van der Waals surface area contributed by atoms with Gasteiger partial charge < -0.3 is 9.84 Å². The first kappa shape index (κ1) is 22.0. The van der Waals surface area contributed by atoms with Gasteiger partial charge in [0.1, 0.15) is 11.9 Å². The minimum Gasteiger partial charge on any atom is -0.489 e. The zero-order chi connectivity index (χ0) is 21.3. The van der Waals surface area contributed by atoms with Crippen LogP contribution in [0.5, 0.6) is 5.75 Å². The lowest BCUT2D eigenvalue weighted by Crippen LogP contribution is -2.35. The summed E-state index contributed by atoms with van der Waals surface area (Å²) in [6.45, 7) is 3.94. The van der Waals surface area contributed by atoms with Crippen molar-refractivity contribution in [3.05, 3.63) is 28.8 Å². The summed E-state index contributed by atoms with van der Waals surface area (Å²) < 4.78 is 33.7. The van der Waals surface area contributed by atoms with Crippen LogP contribution in [-0.2, 0) is 6.42 Å². The molecule has 1 N–H and O–H groups in total. The molecular weight excluding hydrogens is 382 g/mol. The summed E-state index contributed by atoms with van der Waals surface area (Å²) in [6.07, 6.45) is 10.3. The van der Waals surface area contributed by atoms with Gasteiger partial charge in [0.2, 0.25) is 0 Å². The summed E-state index contributed by atoms with van der Waals surface area (Å²) in [5.41, 5.74) is 1.35. The van der Waals surface area contributed by atoms with Crippen LogP contribution in [-0.4, -0.2) is 11.2 Å². The molecule has 1 aromatic rings. The fraction of sp³-hybridized carbons (Fsp3) is 0.769. The molecule has 0 saturated heterocycles. The Kier molecular flexibility index (Phi) is 7.01. The Morgan fingerprint density at radius 3 is 2.10 bits per heavy atom. The van der Waals surface area contributed by atoms with Crippen LogP contribution in [0.25, 0.3) is 0 Å². The molecular formula is C26H38F2O2. The molecule has 0 bridgehead atoms. The van der Waals surface area contributed by atoms with Crippen molar-refractivity contribution < 1.29 is 18.6 Å². The molecule has 1 aromatic carbocycles. The number of ether oxygens (including phenoxy) is 1. The quantitative estimate of drug-likeness (QED) is 0.538. The van der Waals surface area contributed by atoms with E-state index in [9.17, 15) is 13.9 Å². The highest BCUT2D eigenvalue weighted by atomic mass is 19.3. The van der Waals surface area contributed by atoms with Crippen LogP contribution in [0.3, 0.4) is 0 Å². The minimum absolute atomic E-state index is 0.0468. The number of alkyl halides is 2. The van der Waals surface area contributed by atoms with Gasteiger partial charge in [-0.05, 0) is 105 Å². The smallest absolute Gasteiger partial charge is 0.267 e. The number of rotatable bonds is 5. The van der Waals surface area contributed by atoms with Gasteiger partial charge in [0.15, 0.2) is 0 Å². The monoisotopic (exact) mass is 420 g/mol. The predicted molar refractivity (Wildman–Crippen MR) is 116 cm³/mol. The van der Waals surface area contributed by atoms with Gasteiger partial charge in [0.05, 0.1) is 11.7 Å². The fourth-order valence-electron chi connectivity index (χ4n) is 6.37. The molecule has 2 fully saturated rings. The molecule has 0 aromatic heterocycles. The standard InChI is InChI=1S/C26H38F2O2/c1-3-17-4-6-18(7-5-17)19-8-10-20(11-9-19)24-13-12-21-14-22(16(2)29)15-23(26(27)28)25(21)30-24/h14-20,24,26,29H,3-13H2,1-2H3. The molecule has 2 atom stereocenters. The number of benzene rings is 1. The third-order valence-corrected chi connectivity index (χ3v) is 8.38. The maximum absolute atomic E-state index is 13.7. The maximum Gasteiger partial charge on any atom is 0.267 e. The van der Waals surface area contributed by atoms with Crippen molar-refractivity contribution in [1.82, 2.24) is 0 Å².